The molecule has 1 aliphatic heterocycles. The predicted molar refractivity (Wildman–Crippen MR) is 61.5 cm³/mol. The van der Waals surface area contributed by atoms with Crippen LogP contribution in [0.15, 0.2) is 0 Å². The number of aliphatic hydroxyl groups is 1. The van der Waals surface area contributed by atoms with Gasteiger partial charge in [-0.3, -0.25) is 0 Å². The Morgan fingerprint density at radius 3 is 2.27 bits per heavy atom. The van der Waals surface area contributed by atoms with E-state index in [0.717, 1.165) is 12.8 Å². The minimum absolute atomic E-state index is 0. The molecule has 0 aromatic carbocycles. The normalized spacial score (nSPS) is 22.1. The van der Waals surface area contributed by atoms with Crippen LogP contribution in [0.4, 0.5) is 0 Å². The van der Waals surface area contributed by atoms with Crippen molar-refractivity contribution in [2.75, 3.05) is 26.0 Å². The van der Waals surface area contributed by atoms with Gasteiger partial charge < -0.3 is 10.8 Å². The number of hydrogen-bond donors (Lipinski definition) is 2. The molecule has 1 atom stereocenters. The van der Waals surface area contributed by atoms with Crippen molar-refractivity contribution in [2.24, 2.45) is 11.7 Å². The highest BCUT2D eigenvalue weighted by atomic mass is 35.5. The number of halogens is 1. The first-order chi connectivity index (χ1) is 6.45. The lowest BCUT2D eigenvalue weighted by molar-refractivity contribution is 0.181. The molecule has 0 bridgehead atoms. The van der Waals surface area contributed by atoms with Crippen molar-refractivity contribution in [3.8, 4) is 0 Å². The van der Waals surface area contributed by atoms with E-state index in [9.17, 15) is 8.42 Å². The van der Waals surface area contributed by atoms with Crippen LogP contribution in [0.25, 0.3) is 0 Å². The maximum absolute atomic E-state index is 11.2. The Kier molecular flexibility index (Phi) is 6.05. The molecule has 15 heavy (non-hydrogen) atoms. The van der Waals surface area contributed by atoms with Crippen molar-refractivity contribution in [1.29, 1.82) is 0 Å². The fourth-order valence-corrected chi connectivity index (χ4v) is 2.66. The smallest absolute Gasteiger partial charge is 0.211 e. The molecule has 5 nitrogen and oxygen atoms in total. The molecule has 1 heterocycles. The van der Waals surface area contributed by atoms with Gasteiger partial charge >= 0.3 is 0 Å². The Bertz CT molecular complexity index is 276. The highest BCUT2D eigenvalue weighted by Crippen LogP contribution is 2.20. The number of nitrogens with zero attached hydrogens (tertiary/aromatic N) is 1. The summed E-state index contributed by atoms with van der Waals surface area (Å²) in [4.78, 5) is 0. The predicted octanol–water partition coefficient (Wildman–Crippen LogP) is -0.601. The van der Waals surface area contributed by atoms with E-state index in [0.29, 0.717) is 13.1 Å². The van der Waals surface area contributed by atoms with Crippen LogP contribution in [-0.4, -0.2) is 49.8 Å². The van der Waals surface area contributed by atoms with Gasteiger partial charge in [0.1, 0.15) is 0 Å². The van der Waals surface area contributed by atoms with E-state index < -0.39 is 10.0 Å². The summed E-state index contributed by atoms with van der Waals surface area (Å²) in [6.07, 6.45) is 2.71. The monoisotopic (exact) mass is 258 g/mol. The van der Waals surface area contributed by atoms with Crippen molar-refractivity contribution in [1.82, 2.24) is 4.31 Å². The van der Waals surface area contributed by atoms with Crippen molar-refractivity contribution in [3.05, 3.63) is 0 Å². The standard InChI is InChI=1S/C8H18N2O3S.ClH/c1-14(12,13)10-4-2-7(3-5-10)8(9)6-11;/h7-8,11H,2-6,9H2,1H3;1H. The third-order valence-electron chi connectivity index (χ3n) is 2.78. The van der Waals surface area contributed by atoms with E-state index in [2.05, 4.69) is 0 Å². The van der Waals surface area contributed by atoms with Crippen LogP contribution in [0.5, 0.6) is 0 Å². The first-order valence-electron chi connectivity index (χ1n) is 4.76. The van der Waals surface area contributed by atoms with Crippen molar-refractivity contribution < 1.29 is 13.5 Å². The molecule has 1 fully saturated rings. The van der Waals surface area contributed by atoms with E-state index in [1.54, 1.807) is 0 Å². The Morgan fingerprint density at radius 2 is 1.93 bits per heavy atom. The minimum Gasteiger partial charge on any atom is -0.395 e. The number of piperidine rings is 1. The zero-order chi connectivity index (χ0) is 10.8. The zero-order valence-electron chi connectivity index (χ0n) is 8.80. The van der Waals surface area contributed by atoms with Gasteiger partial charge in [0.15, 0.2) is 0 Å². The molecule has 1 aliphatic rings. The van der Waals surface area contributed by atoms with E-state index in [1.807, 2.05) is 0 Å². The third-order valence-corrected chi connectivity index (χ3v) is 4.09. The molecule has 0 saturated carbocycles. The van der Waals surface area contributed by atoms with Gasteiger partial charge in [-0.1, -0.05) is 0 Å². The summed E-state index contributed by atoms with van der Waals surface area (Å²) < 4.78 is 23.8. The van der Waals surface area contributed by atoms with Gasteiger partial charge in [0.2, 0.25) is 10.0 Å². The second-order valence-corrected chi connectivity index (χ2v) is 5.83. The van der Waals surface area contributed by atoms with Gasteiger partial charge in [-0.25, -0.2) is 12.7 Å². The zero-order valence-corrected chi connectivity index (χ0v) is 10.4. The lowest BCUT2D eigenvalue weighted by atomic mass is 9.91. The SMILES string of the molecule is CS(=O)(=O)N1CCC(C(N)CO)CC1.Cl. The summed E-state index contributed by atoms with van der Waals surface area (Å²) in [5, 5.41) is 8.86. The van der Waals surface area contributed by atoms with Crippen molar-refractivity contribution >= 4 is 22.4 Å². The molecule has 7 heteroatoms. The number of nitrogens with two attached hydrogens (primary N) is 1. The summed E-state index contributed by atoms with van der Waals surface area (Å²) in [5.41, 5.74) is 5.68. The molecule has 0 radical (unpaired) electrons. The van der Waals surface area contributed by atoms with E-state index in [-0.39, 0.29) is 31.0 Å². The first-order valence-corrected chi connectivity index (χ1v) is 6.61. The average molecular weight is 259 g/mol. The molecule has 0 aromatic rings. The molecule has 3 N–H and O–H groups in total. The fraction of sp³-hybridized carbons (Fsp3) is 1.00. The van der Waals surface area contributed by atoms with Crippen LogP contribution in [0, 0.1) is 5.92 Å². The number of hydrogen-bond acceptors (Lipinski definition) is 4. The topological polar surface area (TPSA) is 83.6 Å². The molecule has 0 aromatic heterocycles. The fourth-order valence-electron chi connectivity index (χ4n) is 1.78. The van der Waals surface area contributed by atoms with Crippen molar-refractivity contribution in [2.45, 2.75) is 18.9 Å². The van der Waals surface area contributed by atoms with E-state index in [1.165, 1.54) is 10.6 Å². The lowest BCUT2D eigenvalue weighted by Gasteiger charge is -2.32. The molecule has 1 unspecified atom stereocenters. The highest BCUT2D eigenvalue weighted by Gasteiger charge is 2.27. The van der Waals surface area contributed by atoms with Gasteiger partial charge in [0.25, 0.3) is 0 Å². The van der Waals surface area contributed by atoms with Crippen LogP contribution < -0.4 is 5.73 Å². The largest absolute Gasteiger partial charge is 0.395 e. The van der Waals surface area contributed by atoms with Crippen LogP contribution >= 0.6 is 12.4 Å². The van der Waals surface area contributed by atoms with Crippen LogP contribution in [0.2, 0.25) is 0 Å². The van der Waals surface area contributed by atoms with Crippen LogP contribution in [-0.2, 0) is 10.0 Å². The van der Waals surface area contributed by atoms with Crippen molar-refractivity contribution in [3.63, 3.8) is 0 Å². The van der Waals surface area contributed by atoms with Gasteiger partial charge in [0, 0.05) is 19.1 Å². The highest BCUT2D eigenvalue weighted by molar-refractivity contribution is 7.88. The Morgan fingerprint density at radius 1 is 1.47 bits per heavy atom. The lowest BCUT2D eigenvalue weighted by Crippen LogP contribution is -2.44. The minimum atomic E-state index is -3.05. The molecule has 0 aliphatic carbocycles. The number of sulfonamides is 1. The summed E-state index contributed by atoms with van der Waals surface area (Å²) in [6, 6.07) is -0.211. The van der Waals surface area contributed by atoms with Crippen LogP contribution in [0.3, 0.4) is 0 Å². The number of rotatable bonds is 3. The Balaban J connectivity index is 0.00000196. The van der Waals surface area contributed by atoms with Gasteiger partial charge in [-0.15, -0.1) is 12.4 Å². The maximum atomic E-state index is 11.2. The molecule has 1 rings (SSSR count). The maximum Gasteiger partial charge on any atom is 0.211 e. The average Bonchev–Trinajstić information content (AvgIpc) is 2.15. The first kappa shape index (κ1) is 15.1. The summed E-state index contributed by atoms with van der Waals surface area (Å²) >= 11 is 0. The second-order valence-electron chi connectivity index (χ2n) is 3.85. The molecular weight excluding hydrogens is 240 g/mol. The third kappa shape index (κ3) is 4.24. The van der Waals surface area contributed by atoms with E-state index in [4.69, 9.17) is 10.8 Å². The van der Waals surface area contributed by atoms with Gasteiger partial charge in [0.05, 0.1) is 12.9 Å². The summed E-state index contributed by atoms with van der Waals surface area (Å²) in [5.74, 6) is 0.248. The Hall–Kier alpha value is 0.120. The van der Waals surface area contributed by atoms with Gasteiger partial charge in [-0.2, -0.15) is 0 Å². The van der Waals surface area contributed by atoms with Crippen LogP contribution in [0.1, 0.15) is 12.8 Å². The summed E-state index contributed by atoms with van der Waals surface area (Å²) in [7, 11) is -3.05. The molecule has 0 spiro atoms. The quantitative estimate of drug-likeness (QED) is 0.708. The molecule has 1 saturated heterocycles. The Labute approximate surface area is 97.1 Å². The molecule has 92 valence electrons. The second kappa shape index (κ2) is 6.00. The van der Waals surface area contributed by atoms with Gasteiger partial charge in [-0.05, 0) is 18.8 Å². The number of aliphatic hydroxyl groups excluding tert-OH is 1. The molecule has 0 amide bonds. The summed E-state index contributed by atoms with van der Waals surface area (Å²) in [6.45, 7) is 1.03. The van der Waals surface area contributed by atoms with E-state index >= 15 is 0 Å². The molecular formula is C8H19ClN2O3S.